The molecule has 5 aliphatic rings. The van der Waals surface area contributed by atoms with Crippen LogP contribution in [0.15, 0.2) is 176 Å². The fourth-order valence-electron chi connectivity index (χ4n) is 11.0. The molecule has 5 heterocycles. The molecule has 0 unspecified atom stereocenters. The number of benzene rings is 10. The molecule has 0 saturated heterocycles. The summed E-state index contributed by atoms with van der Waals surface area (Å²) in [6.07, 6.45) is 0. The molecule has 0 saturated carbocycles. The van der Waals surface area contributed by atoms with Crippen LogP contribution in [0.1, 0.15) is 54.2 Å². The monoisotopic (exact) mass is 1380 g/mol. The van der Waals surface area contributed by atoms with Gasteiger partial charge in [-0.25, -0.2) is 65.9 Å². The maximum atomic E-state index is 14.0. The number of hydrogen-bond acceptors (Lipinski definition) is 10. The minimum atomic E-state index is -0.995. The molecular formula is C74H58F15N5O5. The highest BCUT2D eigenvalue weighted by Gasteiger charge is 2.28. The van der Waals surface area contributed by atoms with Crippen molar-refractivity contribution < 1.29 is 89.5 Å². The molecule has 10 aromatic carbocycles. The van der Waals surface area contributed by atoms with Gasteiger partial charge in [0.25, 0.3) is 0 Å². The summed E-state index contributed by atoms with van der Waals surface area (Å²) in [6, 6.07) is 38.4. The van der Waals surface area contributed by atoms with Crippen LogP contribution >= 0.6 is 0 Å². The number of nitrogens with zero attached hydrogens (tertiary/aromatic N) is 5. The molecule has 15 rings (SSSR count). The van der Waals surface area contributed by atoms with E-state index in [-0.39, 0.29) is 85.0 Å². The number of halogens is 15. The van der Waals surface area contributed by atoms with Gasteiger partial charge in [-0.05, 0) is 144 Å². The van der Waals surface area contributed by atoms with Crippen molar-refractivity contribution in [3.63, 3.8) is 0 Å². The van der Waals surface area contributed by atoms with Crippen LogP contribution in [0, 0.1) is 87.3 Å². The average Bonchev–Trinajstić information content (AvgIpc) is 0.809. The molecule has 10 nitrogen and oxygen atoms in total. The zero-order valence-electron chi connectivity index (χ0n) is 52.8. The van der Waals surface area contributed by atoms with E-state index < -0.39 is 64.0 Å². The molecule has 514 valence electrons. The molecule has 0 fully saturated rings. The van der Waals surface area contributed by atoms with Crippen molar-refractivity contribution in [3.05, 3.63) is 297 Å². The second-order valence-electron chi connectivity index (χ2n) is 24.0. The number of fused-ring (bicyclic) bond motifs is 5. The van der Waals surface area contributed by atoms with Gasteiger partial charge in [-0.3, -0.25) is 0 Å². The van der Waals surface area contributed by atoms with Crippen LogP contribution in [0.2, 0.25) is 0 Å². The third-order valence-electron chi connectivity index (χ3n) is 16.0. The molecule has 5 aliphatic heterocycles. The lowest BCUT2D eigenvalue weighted by atomic mass is 9.86. The Bertz CT molecular complexity index is 4560. The zero-order chi connectivity index (χ0) is 70.4. The van der Waals surface area contributed by atoms with E-state index in [1.165, 1.54) is 82.6 Å². The summed E-state index contributed by atoms with van der Waals surface area (Å²) in [5, 5.41) is 0. The normalized spacial score (nSPS) is 14.1. The lowest BCUT2D eigenvalue weighted by Crippen LogP contribution is -2.33. The molecule has 0 radical (unpaired) electrons. The summed E-state index contributed by atoms with van der Waals surface area (Å²) in [5.41, 5.74) is 5.89. The zero-order valence-corrected chi connectivity index (χ0v) is 52.8. The Morgan fingerprint density at radius 2 is 0.596 bits per heavy atom. The highest BCUT2D eigenvalue weighted by Crippen LogP contribution is 2.38. The van der Waals surface area contributed by atoms with E-state index in [1.807, 2.05) is 23.1 Å². The minimum Gasteiger partial charge on any atom is -0.473 e. The van der Waals surface area contributed by atoms with Gasteiger partial charge in [0.2, 0.25) is 0 Å². The molecule has 0 spiro atoms. The fourth-order valence-corrected chi connectivity index (χ4v) is 11.0. The first-order valence-electron chi connectivity index (χ1n) is 30.4. The largest absolute Gasteiger partial charge is 0.473 e. The van der Waals surface area contributed by atoms with Crippen LogP contribution in [0.5, 0.6) is 28.7 Å². The van der Waals surface area contributed by atoms with Crippen LogP contribution in [0.25, 0.3) is 0 Å². The topological polar surface area (TPSA) is 62.3 Å². The van der Waals surface area contributed by atoms with E-state index in [1.54, 1.807) is 40.1 Å². The van der Waals surface area contributed by atoms with Crippen molar-refractivity contribution in [2.75, 3.05) is 58.2 Å². The summed E-state index contributed by atoms with van der Waals surface area (Å²) in [7, 11) is 0. The second-order valence-corrected chi connectivity index (χ2v) is 24.0. The van der Waals surface area contributed by atoms with E-state index in [0.29, 0.717) is 90.4 Å². The SMILES string of the molecule is CC(C)(C)c1ccc2c(c1)CN(c1c(F)cc(F)cc1F)CO2.Fc1ccc(N2COc3cc(F)c(F)cc3C2)c(F)c1.Fc1ccc(N2COc3ccc(F)cc3C2)c(F)c1.Fc1ccc(N2COc3ccc(F)cc3C2)cc1.Fc1ccc2c(c1)CN(c1ccc(F)c(F)c1)CO2. The van der Waals surface area contributed by atoms with Crippen molar-refractivity contribution in [1.29, 1.82) is 0 Å². The van der Waals surface area contributed by atoms with Gasteiger partial charge in [0.15, 0.2) is 68.6 Å². The third-order valence-corrected chi connectivity index (χ3v) is 16.0. The Labute approximate surface area is 558 Å². The molecule has 0 amide bonds. The molecule has 0 N–H and O–H groups in total. The third kappa shape index (κ3) is 16.9. The lowest BCUT2D eigenvalue weighted by Gasteiger charge is -2.32. The van der Waals surface area contributed by atoms with E-state index in [2.05, 4.69) is 20.8 Å². The van der Waals surface area contributed by atoms with Gasteiger partial charge in [0, 0.05) is 88.7 Å². The van der Waals surface area contributed by atoms with E-state index >= 15 is 0 Å². The summed E-state index contributed by atoms with van der Waals surface area (Å²) in [5.74, 6) is -7.75. The first kappa shape index (κ1) is 69.5. The molecule has 25 heteroatoms. The molecule has 0 atom stereocenters. The predicted octanol–water partition coefficient (Wildman–Crippen LogP) is 18.6. The van der Waals surface area contributed by atoms with E-state index in [4.69, 9.17) is 23.7 Å². The van der Waals surface area contributed by atoms with Crippen LogP contribution in [0.4, 0.5) is 94.3 Å². The first-order chi connectivity index (χ1) is 47.3. The van der Waals surface area contributed by atoms with Crippen LogP contribution in [-0.2, 0) is 38.1 Å². The van der Waals surface area contributed by atoms with Gasteiger partial charge in [-0.15, -0.1) is 0 Å². The van der Waals surface area contributed by atoms with Crippen molar-refractivity contribution >= 4 is 28.4 Å². The van der Waals surface area contributed by atoms with Crippen LogP contribution < -0.4 is 48.2 Å². The Morgan fingerprint density at radius 3 is 1.07 bits per heavy atom. The highest BCUT2D eigenvalue weighted by molar-refractivity contribution is 5.56. The first-order valence-corrected chi connectivity index (χ1v) is 30.4. The van der Waals surface area contributed by atoms with Crippen LogP contribution in [0.3, 0.4) is 0 Å². The number of anilines is 5. The van der Waals surface area contributed by atoms with Crippen molar-refractivity contribution in [2.24, 2.45) is 0 Å². The summed E-state index contributed by atoms with van der Waals surface area (Å²) >= 11 is 0. The van der Waals surface area contributed by atoms with Gasteiger partial charge in [0.1, 0.15) is 86.8 Å². The van der Waals surface area contributed by atoms with E-state index in [9.17, 15) is 65.9 Å². The van der Waals surface area contributed by atoms with Gasteiger partial charge in [-0.2, -0.15) is 0 Å². The minimum absolute atomic E-state index is 0.0152. The van der Waals surface area contributed by atoms with Gasteiger partial charge in [-0.1, -0.05) is 26.8 Å². The Morgan fingerprint density at radius 1 is 0.253 bits per heavy atom. The summed E-state index contributed by atoms with van der Waals surface area (Å²) in [6.45, 7) is 8.71. The van der Waals surface area contributed by atoms with Crippen LogP contribution in [-0.4, -0.2) is 33.7 Å². The van der Waals surface area contributed by atoms with E-state index in [0.717, 1.165) is 64.8 Å². The molecule has 0 aromatic heterocycles. The Kier molecular flexibility index (Phi) is 21.0. The maximum Gasteiger partial charge on any atom is 0.162 e. The maximum absolute atomic E-state index is 14.0. The summed E-state index contributed by atoms with van der Waals surface area (Å²) in [4.78, 5) is 8.09. The quantitative estimate of drug-likeness (QED) is 0.156. The standard InChI is InChI=1S/C18H18F3NO.C14H9F4NO.2C14H10F3NO.C14H11F2NO/c1-18(2,3)12-4-5-16-11(6-12)9-22(10-23-16)17-14(20)7-13(19)8-15(17)21;15-9-1-2-13(12(18)4-9)19-6-8-3-10(16)11(17)5-14(8)20-7-19;15-10-1-4-14-9(5-10)7-18(8-19-14)11-2-3-12(16)13(17)6-11;15-10-2-4-14-9(5-10)7-18(8-19-14)13-3-1-11(16)6-12(13)17;15-11-1-4-13(5-2-11)17-8-10-7-12(16)3-6-14(10)18-9-17/h4-8H,9-10H2,1-3H3;1-5H,6-7H2;2*1-6H,7-8H2;1-7H,8-9H2. The molecule has 0 aliphatic carbocycles. The second kappa shape index (κ2) is 29.9. The highest BCUT2D eigenvalue weighted by atomic mass is 19.2. The number of hydrogen-bond donors (Lipinski definition) is 0. The average molecular weight is 1380 g/mol. The smallest absolute Gasteiger partial charge is 0.162 e. The molecule has 10 aromatic rings. The molecule has 0 bridgehead atoms. The lowest BCUT2D eigenvalue weighted by molar-refractivity contribution is 0.284. The van der Waals surface area contributed by atoms with Gasteiger partial charge < -0.3 is 48.2 Å². The summed E-state index contributed by atoms with van der Waals surface area (Å²) < 4.78 is 226. The van der Waals surface area contributed by atoms with Crippen molar-refractivity contribution in [3.8, 4) is 28.7 Å². The number of rotatable bonds is 5. The molecular weight excluding hydrogens is 1320 g/mol. The van der Waals surface area contributed by atoms with Crippen molar-refractivity contribution in [2.45, 2.75) is 58.9 Å². The Balaban J connectivity index is 0.000000125. The fraction of sp³-hybridized carbons (Fsp3) is 0.189. The Hall–Kier alpha value is -10.9. The van der Waals surface area contributed by atoms with Gasteiger partial charge in [0.05, 0.1) is 31.0 Å². The predicted molar refractivity (Wildman–Crippen MR) is 341 cm³/mol. The van der Waals surface area contributed by atoms with Gasteiger partial charge >= 0.3 is 0 Å². The molecule has 99 heavy (non-hydrogen) atoms. The van der Waals surface area contributed by atoms with Crippen molar-refractivity contribution in [1.82, 2.24) is 0 Å². The number of ether oxygens (including phenoxy) is 5.